The van der Waals surface area contributed by atoms with Crippen molar-refractivity contribution in [1.29, 1.82) is 0 Å². The van der Waals surface area contributed by atoms with Gasteiger partial charge in [0.05, 0.1) is 0 Å². The molecule has 2 rings (SSSR count). The second-order valence-corrected chi connectivity index (χ2v) is 5.63. The predicted molar refractivity (Wildman–Crippen MR) is 83.1 cm³/mol. The molecule has 1 aromatic heterocycles. The van der Waals surface area contributed by atoms with Crippen LogP contribution in [0.3, 0.4) is 0 Å². The first-order chi connectivity index (χ1) is 9.72. The minimum absolute atomic E-state index is 0.334. The summed E-state index contributed by atoms with van der Waals surface area (Å²) in [6.07, 6.45) is 4.21. The van der Waals surface area contributed by atoms with Gasteiger partial charge in [0.2, 0.25) is 0 Å². The molecule has 20 heavy (non-hydrogen) atoms. The summed E-state index contributed by atoms with van der Waals surface area (Å²) in [5.41, 5.74) is 1.28. The summed E-state index contributed by atoms with van der Waals surface area (Å²) in [4.78, 5) is 6.91. The zero-order valence-corrected chi connectivity index (χ0v) is 12.9. The molecule has 112 valence electrons. The number of nitrogens with zero attached hydrogens (tertiary/aromatic N) is 2. The van der Waals surface area contributed by atoms with Crippen molar-refractivity contribution in [1.82, 2.24) is 10.3 Å². The van der Waals surface area contributed by atoms with Crippen LogP contribution in [0.5, 0.6) is 0 Å². The second kappa shape index (κ2) is 7.60. The van der Waals surface area contributed by atoms with Crippen LogP contribution < -0.4 is 10.2 Å². The Morgan fingerprint density at radius 1 is 1.45 bits per heavy atom. The summed E-state index contributed by atoms with van der Waals surface area (Å²) in [6.45, 7) is 8.18. The number of hydrogen-bond acceptors (Lipinski definition) is 4. The lowest BCUT2D eigenvalue weighted by Crippen LogP contribution is -2.31. The molecular weight excluding hydrogens is 250 g/mol. The molecule has 0 saturated carbocycles. The van der Waals surface area contributed by atoms with Crippen molar-refractivity contribution in [3.05, 3.63) is 23.9 Å². The van der Waals surface area contributed by atoms with Crippen LogP contribution in [0.15, 0.2) is 18.3 Å². The maximum atomic E-state index is 5.44. The Kier molecular flexibility index (Phi) is 5.80. The Hall–Kier alpha value is -1.13. The molecule has 1 fully saturated rings. The number of pyridine rings is 1. The normalized spacial score (nSPS) is 17.9. The first kappa shape index (κ1) is 15.3. The Morgan fingerprint density at radius 3 is 2.90 bits per heavy atom. The van der Waals surface area contributed by atoms with Crippen LogP contribution >= 0.6 is 0 Å². The van der Waals surface area contributed by atoms with Gasteiger partial charge >= 0.3 is 0 Å². The van der Waals surface area contributed by atoms with Gasteiger partial charge in [-0.05, 0) is 38.3 Å². The van der Waals surface area contributed by atoms with Crippen molar-refractivity contribution in [3.8, 4) is 0 Å². The van der Waals surface area contributed by atoms with Gasteiger partial charge < -0.3 is 15.0 Å². The summed E-state index contributed by atoms with van der Waals surface area (Å²) in [7, 11) is 2.15. The Balaban J connectivity index is 2.06. The Bertz CT molecular complexity index is 404. The highest BCUT2D eigenvalue weighted by Gasteiger charge is 2.19. The van der Waals surface area contributed by atoms with Crippen molar-refractivity contribution in [2.24, 2.45) is 5.92 Å². The van der Waals surface area contributed by atoms with Crippen molar-refractivity contribution in [3.63, 3.8) is 0 Å². The summed E-state index contributed by atoms with van der Waals surface area (Å²) in [5, 5.41) is 3.47. The summed E-state index contributed by atoms with van der Waals surface area (Å²) in [5.74, 6) is 1.82. The van der Waals surface area contributed by atoms with Crippen LogP contribution in [-0.2, 0) is 4.74 Å². The molecule has 0 aromatic carbocycles. The first-order valence-electron chi connectivity index (χ1n) is 7.69. The number of aromatic nitrogens is 1. The minimum Gasteiger partial charge on any atom is -0.381 e. The number of ether oxygens (including phenoxy) is 1. The maximum absolute atomic E-state index is 5.44. The third kappa shape index (κ3) is 3.93. The SMILES string of the molecule is CCNC(C)c1cccnc1N(C)CC1CCOCC1. The molecule has 0 radical (unpaired) electrons. The fourth-order valence-corrected chi connectivity index (χ4v) is 2.89. The average molecular weight is 277 g/mol. The van der Waals surface area contributed by atoms with Crippen LogP contribution in [0.1, 0.15) is 38.3 Å². The first-order valence-corrected chi connectivity index (χ1v) is 7.69. The lowest BCUT2D eigenvalue weighted by Gasteiger charge is -2.30. The fourth-order valence-electron chi connectivity index (χ4n) is 2.89. The molecule has 1 aliphatic rings. The van der Waals surface area contributed by atoms with Gasteiger partial charge in [-0.15, -0.1) is 0 Å². The zero-order valence-electron chi connectivity index (χ0n) is 12.9. The van der Waals surface area contributed by atoms with Crippen molar-refractivity contribution < 1.29 is 4.74 Å². The van der Waals surface area contributed by atoms with E-state index in [1.165, 1.54) is 5.56 Å². The van der Waals surface area contributed by atoms with Gasteiger partial charge in [0.15, 0.2) is 0 Å². The standard InChI is InChI=1S/C16H27N3O/c1-4-17-13(2)15-6-5-9-18-16(15)19(3)12-14-7-10-20-11-8-14/h5-6,9,13-14,17H,4,7-8,10-12H2,1-3H3. The molecule has 4 heteroatoms. The van der Waals surface area contributed by atoms with Gasteiger partial charge in [0.25, 0.3) is 0 Å². The van der Waals surface area contributed by atoms with E-state index in [4.69, 9.17) is 4.74 Å². The van der Waals surface area contributed by atoms with Crippen LogP contribution in [0.2, 0.25) is 0 Å². The molecule has 1 saturated heterocycles. The average Bonchev–Trinajstić information content (AvgIpc) is 2.48. The van der Waals surface area contributed by atoms with Gasteiger partial charge in [-0.2, -0.15) is 0 Å². The van der Waals surface area contributed by atoms with E-state index in [0.29, 0.717) is 6.04 Å². The number of rotatable bonds is 6. The fraction of sp³-hybridized carbons (Fsp3) is 0.688. The molecule has 0 bridgehead atoms. The maximum Gasteiger partial charge on any atom is 0.133 e. The molecule has 0 amide bonds. The topological polar surface area (TPSA) is 37.4 Å². The van der Waals surface area contributed by atoms with Gasteiger partial charge in [-0.1, -0.05) is 13.0 Å². The quantitative estimate of drug-likeness (QED) is 0.867. The number of nitrogens with one attached hydrogen (secondary N) is 1. The molecule has 2 heterocycles. The lowest BCUT2D eigenvalue weighted by molar-refractivity contribution is 0.0685. The van der Waals surface area contributed by atoms with E-state index in [1.807, 2.05) is 12.3 Å². The van der Waals surface area contributed by atoms with Gasteiger partial charge in [0.1, 0.15) is 5.82 Å². The second-order valence-electron chi connectivity index (χ2n) is 5.63. The molecule has 1 N–H and O–H groups in total. The van der Waals surface area contributed by atoms with Gasteiger partial charge in [0, 0.05) is 44.6 Å². The Morgan fingerprint density at radius 2 is 2.20 bits per heavy atom. The number of anilines is 1. The highest BCUT2D eigenvalue weighted by molar-refractivity contribution is 5.47. The predicted octanol–water partition coefficient (Wildman–Crippen LogP) is 2.61. The lowest BCUT2D eigenvalue weighted by atomic mass is 9.99. The van der Waals surface area contributed by atoms with E-state index >= 15 is 0 Å². The zero-order chi connectivity index (χ0) is 14.4. The summed E-state index contributed by atoms with van der Waals surface area (Å²) >= 11 is 0. The molecular formula is C16H27N3O. The van der Waals surface area contributed by atoms with Crippen molar-refractivity contribution in [2.75, 3.05) is 38.3 Å². The highest BCUT2D eigenvalue weighted by atomic mass is 16.5. The van der Waals surface area contributed by atoms with Crippen LogP contribution in [0, 0.1) is 5.92 Å². The van der Waals surface area contributed by atoms with E-state index in [1.54, 1.807) is 0 Å². The van der Waals surface area contributed by atoms with Crippen molar-refractivity contribution in [2.45, 2.75) is 32.7 Å². The van der Waals surface area contributed by atoms with E-state index in [9.17, 15) is 0 Å². The molecule has 1 unspecified atom stereocenters. The van der Waals surface area contributed by atoms with E-state index < -0.39 is 0 Å². The Labute approximate surface area is 122 Å². The highest BCUT2D eigenvalue weighted by Crippen LogP contribution is 2.25. The molecule has 0 aliphatic carbocycles. The van der Waals surface area contributed by atoms with Crippen LogP contribution in [0.25, 0.3) is 0 Å². The third-order valence-electron chi connectivity index (χ3n) is 4.03. The van der Waals surface area contributed by atoms with Crippen LogP contribution in [-0.4, -0.2) is 38.3 Å². The summed E-state index contributed by atoms with van der Waals surface area (Å²) < 4.78 is 5.44. The molecule has 1 aromatic rings. The van der Waals surface area contributed by atoms with E-state index in [-0.39, 0.29) is 0 Å². The molecule has 1 aliphatic heterocycles. The molecule has 4 nitrogen and oxygen atoms in total. The van der Waals surface area contributed by atoms with E-state index in [0.717, 1.165) is 50.9 Å². The largest absolute Gasteiger partial charge is 0.381 e. The number of hydrogen-bond donors (Lipinski definition) is 1. The smallest absolute Gasteiger partial charge is 0.133 e. The minimum atomic E-state index is 0.334. The van der Waals surface area contributed by atoms with Crippen molar-refractivity contribution >= 4 is 5.82 Å². The van der Waals surface area contributed by atoms with E-state index in [2.05, 4.69) is 42.2 Å². The van der Waals surface area contributed by atoms with Gasteiger partial charge in [-0.3, -0.25) is 0 Å². The molecule has 0 spiro atoms. The summed E-state index contributed by atoms with van der Waals surface area (Å²) in [6, 6.07) is 4.53. The van der Waals surface area contributed by atoms with Crippen LogP contribution in [0.4, 0.5) is 5.82 Å². The van der Waals surface area contributed by atoms with Gasteiger partial charge in [-0.25, -0.2) is 4.98 Å². The third-order valence-corrected chi connectivity index (χ3v) is 4.03. The monoisotopic (exact) mass is 277 g/mol. The molecule has 1 atom stereocenters.